The Balaban J connectivity index is 1.82. The van der Waals surface area contributed by atoms with Gasteiger partial charge in [0, 0.05) is 16.0 Å². The standard InChI is InChI=1S/C12H15BrClNO/c13-10-5-6-12(14)9(7-10)8-15-16-11-3-1-2-4-11/h5-7,11,15H,1-4,8H2. The lowest BCUT2D eigenvalue weighted by Crippen LogP contribution is -2.21. The van der Waals surface area contributed by atoms with Crippen LogP contribution in [0.5, 0.6) is 0 Å². The molecular weight excluding hydrogens is 289 g/mol. The van der Waals surface area contributed by atoms with Crippen LogP contribution in [0.25, 0.3) is 0 Å². The average molecular weight is 305 g/mol. The third kappa shape index (κ3) is 3.45. The highest BCUT2D eigenvalue weighted by Gasteiger charge is 2.15. The predicted octanol–water partition coefficient (Wildman–Crippen LogP) is 4.07. The van der Waals surface area contributed by atoms with E-state index < -0.39 is 0 Å². The van der Waals surface area contributed by atoms with Gasteiger partial charge < -0.3 is 0 Å². The molecule has 16 heavy (non-hydrogen) atoms. The van der Waals surface area contributed by atoms with Gasteiger partial charge in [0.2, 0.25) is 0 Å². The van der Waals surface area contributed by atoms with E-state index in [0.717, 1.165) is 15.1 Å². The van der Waals surface area contributed by atoms with E-state index in [-0.39, 0.29) is 0 Å². The van der Waals surface area contributed by atoms with Crippen LogP contribution in [0.1, 0.15) is 31.2 Å². The van der Waals surface area contributed by atoms with Crippen molar-refractivity contribution in [3.05, 3.63) is 33.3 Å². The van der Waals surface area contributed by atoms with Gasteiger partial charge in [0.1, 0.15) is 0 Å². The van der Waals surface area contributed by atoms with Crippen molar-refractivity contribution in [3.63, 3.8) is 0 Å². The molecule has 1 fully saturated rings. The van der Waals surface area contributed by atoms with Crippen LogP contribution in [0.4, 0.5) is 0 Å². The highest BCUT2D eigenvalue weighted by Crippen LogP contribution is 2.22. The van der Waals surface area contributed by atoms with Gasteiger partial charge >= 0.3 is 0 Å². The first kappa shape index (κ1) is 12.4. The Morgan fingerprint density at radius 3 is 2.88 bits per heavy atom. The Bertz CT molecular complexity index is 353. The molecule has 0 bridgehead atoms. The Kier molecular flexibility index (Phi) is 4.65. The highest BCUT2D eigenvalue weighted by molar-refractivity contribution is 9.10. The molecule has 1 N–H and O–H groups in total. The summed E-state index contributed by atoms with van der Waals surface area (Å²) in [6.07, 6.45) is 5.28. The van der Waals surface area contributed by atoms with Gasteiger partial charge in [-0.15, -0.1) is 0 Å². The summed E-state index contributed by atoms with van der Waals surface area (Å²) in [7, 11) is 0. The molecule has 0 radical (unpaired) electrons. The fraction of sp³-hybridized carbons (Fsp3) is 0.500. The zero-order valence-electron chi connectivity index (χ0n) is 9.01. The third-order valence-corrected chi connectivity index (χ3v) is 3.68. The van der Waals surface area contributed by atoms with Crippen molar-refractivity contribution in [1.29, 1.82) is 0 Å². The smallest absolute Gasteiger partial charge is 0.0790 e. The second kappa shape index (κ2) is 6.01. The number of hydroxylamine groups is 1. The van der Waals surface area contributed by atoms with E-state index in [1.54, 1.807) is 0 Å². The van der Waals surface area contributed by atoms with Gasteiger partial charge in [-0.25, -0.2) is 0 Å². The van der Waals surface area contributed by atoms with Crippen LogP contribution in [0, 0.1) is 0 Å². The van der Waals surface area contributed by atoms with Crippen molar-refractivity contribution in [2.75, 3.05) is 0 Å². The van der Waals surface area contributed by atoms with E-state index >= 15 is 0 Å². The summed E-state index contributed by atoms with van der Waals surface area (Å²) in [5.41, 5.74) is 4.06. The summed E-state index contributed by atoms with van der Waals surface area (Å²) < 4.78 is 1.04. The second-order valence-corrected chi connectivity index (χ2v) is 5.40. The van der Waals surface area contributed by atoms with Crippen LogP contribution in [0.15, 0.2) is 22.7 Å². The minimum Gasteiger partial charge on any atom is -0.298 e. The van der Waals surface area contributed by atoms with Crippen molar-refractivity contribution < 1.29 is 4.84 Å². The lowest BCUT2D eigenvalue weighted by atomic mass is 10.2. The molecule has 1 aliphatic rings. The first-order valence-corrected chi connectivity index (χ1v) is 6.75. The van der Waals surface area contributed by atoms with Gasteiger partial charge in [-0.2, -0.15) is 5.48 Å². The van der Waals surface area contributed by atoms with Crippen molar-refractivity contribution in [2.24, 2.45) is 0 Å². The molecule has 0 unspecified atom stereocenters. The average Bonchev–Trinajstić information content (AvgIpc) is 2.76. The van der Waals surface area contributed by atoms with Gasteiger partial charge in [0.25, 0.3) is 0 Å². The van der Waals surface area contributed by atoms with Crippen molar-refractivity contribution in [2.45, 2.75) is 38.3 Å². The summed E-state index contributed by atoms with van der Waals surface area (Å²) >= 11 is 9.50. The van der Waals surface area contributed by atoms with Crippen LogP contribution in [0.2, 0.25) is 5.02 Å². The number of hydrogen-bond donors (Lipinski definition) is 1. The first-order valence-electron chi connectivity index (χ1n) is 5.58. The summed E-state index contributed by atoms with van der Waals surface area (Å²) in [6.45, 7) is 0.648. The molecule has 4 heteroatoms. The predicted molar refractivity (Wildman–Crippen MR) is 69.3 cm³/mol. The molecule has 0 spiro atoms. The van der Waals surface area contributed by atoms with E-state index in [1.807, 2.05) is 18.2 Å². The van der Waals surface area contributed by atoms with Gasteiger partial charge in [-0.1, -0.05) is 40.4 Å². The van der Waals surface area contributed by atoms with Crippen molar-refractivity contribution in [3.8, 4) is 0 Å². The third-order valence-electron chi connectivity index (χ3n) is 2.82. The molecule has 2 nitrogen and oxygen atoms in total. The molecule has 88 valence electrons. The number of rotatable bonds is 4. The van der Waals surface area contributed by atoms with Gasteiger partial charge in [0.15, 0.2) is 0 Å². The maximum absolute atomic E-state index is 6.08. The van der Waals surface area contributed by atoms with Gasteiger partial charge in [-0.05, 0) is 36.6 Å². The van der Waals surface area contributed by atoms with Crippen LogP contribution >= 0.6 is 27.5 Å². The van der Waals surface area contributed by atoms with Crippen molar-refractivity contribution in [1.82, 2.24) is 5.48 Å². The quantitative estimate of drug-likeness (QED) is 0.847. The minimum absolute atomic E-state index is 0.380. The maximum atomic E-state index is 6.08. The molecule has 0 aliphatic heterocycles. The topological polar surface area (TPSA) is 21.3 Å². The molecule has 0 saturated heterocycles. The number of hydrogen-bond acceptors (Lipinski definition) is 2. The largest absolute Gasteiger partial charge is 0.298 e. The van der Waals surface area contributed by atoms with Crippen LogP contribution in [0.3, 0.4) is 0 Å². The van der Waals surface area contributed by atoms with E-state index in [1.165, 1.54) is 25.7 Å². The number of benzene rings is 1. The van der Waals surface area contributed by atoms with E-state index in [9.17, 15) is 0 Å². The SMILES string of the molecule is Clc1ccc(Br)cc1CNOC1CCCC1. The molecule has 1 aliphatic carbocycles. The molecule has 0 heterocycles. The molecule has 2 rings (SSSR count). The summed E-state index contributed by atoms with van der Waals surface area (Å²) in [5, 5.41) is 0.769. The zero-order chi connectivity index (χ0) is 11.4. The van der Waals surface area contributed by atoms with Crippen LogP contribution in [-0.4, -0.2) is 6.10 Å². The molecule has 0 amide bonds. The fourth-order valence-electron chi connectivity index (χ4n) is 1.92. The Hall–Kier alpha value is -0.0900. The van der Waals surface area contributed by atoms with E-state index in [2.05, 4.69) is 21.4 Å². The zero-order valence-corrected chi connectivity index (χ0v) is 11.4. The normalized spacial score (nSPS) is 16.9. The van der Waals surface area contributed by atoms with Crippen LogP contribution in [-0.2, 0) is 11.4 Å². The maximum Gasteiger partial charge on any atom is 0.0790 e. The van der Waals surface area contributed by atoms with E-state index in [0.29, 0.717) is 12.6 Å². The van der Waals surface area contributed by atoms with Crippen LogP contribution < -0.4 is 5.48 Å². The molecule has 1 saturated carbocycles. The summed E-state index contributed by atoms with van der Waals surface area (Å²) in [6, 6.07) is 5.83. The molecule has 1 aromatic carbocycles. The Labute approximate surface area is 109 Å². The lowest BCUT2D eigenvalue weighted by molar-refractivity contribution is -0.0244. The fourth-order valence-corrected chi connectivity index (χ4v) is 2.52. The Morgan fingerprint density at radius 1 is 1.38 bits per heavy atom. The molecule has 0 atom stereocenters. The van der Waals surface area contributed by atoms with Gasteiger partial charge in [0.05, 0.1) is 6.10 Å². The minimum atomic E-state index is 0.380. The molecular formula is C12H15BrClNO. The summed E-state index contributed by atoms with van der Waals surface area (Å²) in [5.74, 6) is 0. The molecule has 1 aromatic rings. The lowest BCUT2D eigenvalue weighted by Gasteiger charge is -2.12. The monoisotopic (exact) mass is 303 g/mol. The molecule has 0 aromatic heterocycles. The second-order valence-electron chi connectivity index (χ2n) is 4.08. The van der Waals surface area contributed by atoms with E-state index in [4.69, 9.17) is 16.4 Å². The van der Waals surface area contributed by atoms with Crippen molar-refractivity contribution >= 4 is 27.5 Å². The summed E-state index contributed by atoms with van der Waals surface area (Å²) in [4.78, 5) is 5.58. The first-order chi connectivity index (χ1) is 7.75. The highest BCUT2D eigenvalue weighted by atomic mass is 79.9. The van der Waals surface area contributed by atoms with Gasteiger partial charge in [-0.3, -0.25) is 4.84 Å². The number of halogens is 2. The Morgan fingerprint density at radius 2 is 2.12 bits per heavy atom. The number of nitrogens with one attached hydrogen (secondary N) is 1.